The average Bonchev–Trinajstić information content (AvgIpc) is 3.36. The normalized spacial score (nSPS) is 15.2. The lowest BCUT2D eigenvalue weighted by atomic mass is 10.0. The predicted molar refractivity (Wildman–Crippen MR) is 129 cm³/mol. The Kier molecular flexibility index (Phi) is 7.13. The Hall–Kier alpha value is -2.73. The van der Waals surface area contributed by atoms with E-state index in [9.17, 15) is 14.0 Å². The number of hydrogen-bond donors (Lipinski definition) is 0. The second-order valence-electron chi connectivity index (χ2n) is 8.66. The highest BCUT2D eigenvalue weighted by Crippen LogP contribution is 2.32. The average molecular weight is 470 g/mol. The molecule has 1 aromatic heterocycles. The van der Waals surface area contributed by atoms with Gasteiger partial charge in [0.15, 0.2) is 0 Å². The van der Waals surface area contributed by atoms with Crippen molar-refractivity contribution in [2.45, 2.75) is 58.4 Å². The molecule has 1 amide bonds. The second-order valence-corrected chi connectivity index (χ2v) is 9.07. The zero-order valence-corrected chi connectivity index (χ0v) is 19.8. The van der Waals surface area contributed by atoms with E-state index < -0.39 is 5.82 Å². The van der Waals surface area contributed by atoms with Crippen LogP contribution in [0.25, 0.3) is 16.6 Å². The fraction of sp³-hybridized carbons (Fsp3) is 0.423. The van der Waals surface area contributed by atoms with E-state index in [1.165, 1.54) is 22.8 Å². The summed E-state index contributed by atoms with van der Waals surface area (Å²) in [5, 5.41) is 0.389. The van der Waals surface area contributed by atoms with Crippen LogP contribution in [-0.2, 0) is 4.79 Å². The third-order valence-electron chi connectivity index (χ3n) is 6.48. The summed E-state index contributed by atoms with van der Waals surface area (Å²) in [6, 6.07) is 11.0. The van der Waals surface area contributed by atoms with Gasteiger partial charge in [0.25, 0.3) is 5.56 Å². The number of halogens is 2. The van der Waals surface area contributed by atoms with Gasteiger partial charge >= 0.3 is 0 Å². The van der Waals surface area contributed by atoms with E-state index in [1.54, 1.807) is 18.2 Å². The second kappa shape index (κ2) is 10.0. The van der Waals surface area contributed by atoms with Crippen LogP contribution in [0.4, 0.5) is 4.39 Å². The summed E-state index contributed by atoms with van der Waals surface area (Å²) in [6.07, 6.45) is 5.34. The summed E-state index contributed by atoms with van der Waals surface area (Å²) in [4.78, 5) is 34.0. The Balaban J connectivity index is 1.93. The first kappa shape index (κ1) is 23.4. The van der Waals surface area contributed by atoms with Gasteiger partial charge in [-0.05, 0) is 56.0 Å². The molecule has 0 N–H and O–H groups in total. The molecular weight excluding hydrogens is 441 g/mol. The van der Waals surface area contributed by atoms with E-state index in [0.29, 0.717) is 35.4 Å². The Bertz CT molecular complexity index is 1220. The first-order chi connectivity index (χ1) is 16.0. The van der Waals surface area contributed by atoms with Crippen molar-refractivity contribution in [3.05, 3.63) is 69.5 Å². The maximum Gasteiger partial charge on any atom is 0.266 e. The number of rotatable bonds is 7. The fourth-order valence-corrected chi connectivity index (χ4v) is 5.03. The highest BCUT2D eigenvalue weighted by Gasteiger charge is 2.33. The Morgan fingerprint density at radius 2 is 1.94 bits per heavy atom. The Morgan fingerprint density at radius 3 is 2.61 bits per heavy atom. The number of nitrogens with zero attached hydrogens (tertiary/aromatic N) is 3. The van der Waals surface area contributed by atoms with Gasteiger partial charge in [0, 0.05) is 12.5 Å². The smallest absolute Gasteiger partial charge is 0.266 e. The molecule has 5 nitrogen and oxygen atoms in total. The van der Waals surface area contributed by atoms with E-state index in [4.69, 9.17) is 16.6 Å². The minimum atomic E-state index is -0.556. The van der Waals surface area contributed by atoms with E-state index in [2.05, 4.69) is 0 Å². The predicted octanol–water partition coefficient (Wildman–Crippen LogP) is 6.06. The molecule has 174 valence electrons. The summed E-state index contributed by atoms with van der Waals surface area (Å²) < 4.78 is 15.4. The monoisotopic (exact) mass is 469 g/mol. The van der Waals surface area contributed by atoms with Crippen LogP contribution in [0, 0.1) is 11.7 Å². The molecule has 3 aromatic rings. The molecular formula is C26H29ClFN3O2. The maximum atomic E-state index is 13.9. The molecule has 7 heteroatoms. The van der Waals surface area contributed by atoms with E-state index >= 15 is 0 Å². The largest absolute Gasteiger partial charge is 0.332 e. The van der Waals surface area contributed by atoms with Crippen molar-refractivity contribution >= 4 is 28.4 Å². The van der Waals surface area contributed by atoms with Crippen LogP contribution < -0.4 is 5.56 Å². The van der Waals surface area contributed by atoms with Gasteiger partial charge in [0.2, 0.25) is 5.91 Å². The lowest BCUT2D eigenvalue weighted by Crippen LogP contribution is -2.41. The number of carbonyl (C=O) groups excluding carboxylic acids is 1. The molecule has 33 heavy (non-hydrogen) atoms. The first-order valence-electron chi connectivity index (χ1n) is 11.7. The molecule has 2 aromatic carbocycles. The van der Waals surface area contributed by atoms with Crippen molar-refractivity contribution in [3.8, 4) is 5.69 Å². The topological polar surface area (TPSA) is 55.2 Å². The van der Waals surface area contributed by atoms with Gasteiger partial charge in [-0.1, -0.05) is 50.4 Å². The summed E-state index contributed by atoms with van der Waals surface area (Å²) in [7, 11) is 0. The fourth-order valence-electron chi connectivity index (χ4n) is 4.86. The molecule has 1 unspecified atom stereocenters. The maximum absolute atomic E-state index is 13.9. The lowest BCUT2D eigenvalue weighted by Gasteiger charge is -2.34. The van der Waals surface area contributed by atoms with Gasteiger partial charge in [-0.25, -0.2) is 9.37 Å². The van der Waals surface area contributed by atoms with E-state index in [1.807, 2.05) is 24.8 Å². The summed E-state index contributed by atoms with van der Waals surface area (Å²) in [5.41, 5.74) is 0.745. The van der Waals surface area contributed by atoms with Gasteiger partial charge in [0.1, 0.15) is 11.6 Å². The quantitative estimate of drug-likeness (QED) is 0.422. The van der Waals surface area contributed by atoms with Crippen molar-refractivity contribution in [2.75, 3.05) is 6.54 Å². The number of amides is 1. The molecule has 0 aliphatic heterocycles. The minimum Gasteiger partial charge on any atom is -0.332 e. The Labute approximate surface area is 198 Å². The zero-order valence-electron chi connectivity index (χ0n) is 19.1. The Morgan fingerprint density at radius 1 is 1.21 bits per heavy atom. The first-order valence-corrected chi connectivity index (χ1v) is 12.1. The van der Waals surface area contributed by atoms with Crippen LogP contribution in [0.15, 0.2) is 47.3 Å². The van der Waals surface area contributed by atoms with Crippen molar-refractivity contribution in [1.29, 1.82) is 0 Å². The summed E-state index contributed by atoms with van der Waals surface area (Å²) in [6.45, 7) is 4.63. The van der Waals surface area contributed by atoms with Gasteiger partial charge < -0.3 is 4.90 Å². The molecule has 0 spiro atoms. The SMILES string of the molecule is CCCN(C(=O)C1CCCC1)C(CC)c1nc2ccccc2c(=O)n1-c1ccc(F)c(Cl)c1. The van der Waals surface area contributed by atoms with Crippen molar-refractivity contribution in [2.24, 2.45) is 5.92 Å². The third kappa shape index (κ3) is 4.54. The number of para-hydroxylation sites is 1. The molecule has 1 atom stereocenters. The summed E-state index contributed by atoms with van der Waals surface area (Å²) in [5.74, 6) is 0.0716. The molecule has 4 rings (SSSR count). The van der Waals surface area contributed by atoms with E-state index in [0.717, 1.165) is 32.1 Å². The number of fused-ring (bicyclic) bond motifs is 1. The molecule has 1 aliphatic carbocycles. The zero-order chi connectivity index (χ0) is 23.5. The lowest BCUT2D eigenvalue weighted by molar-refractivity contribution is -0.138. The number of carbonyl (C=O) groups is 1. The summed E-state index contributed by atoms with van der Waals surface area (Å²) >= 11 is 6.07. The molecule has 1 heterocycles. The van der Waals surface area contributed by atoms with Gasteiger partial charge in [-0.2, -0.15) is 0 Å². The van der Waals surface area contributed by atoms with Crippen molar-refractivity contribution in [3.63, 3.8) is 0 Å². The van der Waals surface area contributed by atoms with Gasteiger partial charge in [-0.3, -0.25) is 14.2 Å². The molecule has 0 saturated heterocycles. The molecule has 1 saturated carbocycles. The van der Waals surface area contributed by atoms with Crippen LogP contribution in [0.1, 0.15) is 64.2 Å². The highest BCUT2D eigenvalue weighted by molar-refractivity contribution is 6.30. The molecule has 1 aliphatic rings. The minimum absolute atomic E-state index is 0.0199. The van der Waals surface area contributed by atoms with Crippen LogP contribution in [0.5, 0.6) is 0 Å². The third-order valence-corrected chi connectivity index (χ3v) is 6.77. The number of hydrogen-bond acceptors (Lipinski definition) is 3. The highest BCUT2D eigenvalue weighted by atomic mass is 35.5. The number of benzene rings is 2. The molecule has 0 bridgehead atoms. The standard InChI is InChI=1S/C26H29ClFN3O2/c1-3-15-30(25(32)17-9-5-6-10-17)23(4-2)24-29-22-12-8-7-11-19(22)26(33)31(24)18-13-14-21(28)20(27)16-18/h7-8,11-14,16-17,23H,3-6,9-10,15H2,1-2H3. The molecule has 0 radical (unpaired) electrons. The van der Waals surface area contributed by atoms with Crippen LogP contribution in [-0.4, -0.2) is 26.9 Å². The van der Waals surface area contributed by atoms with E-state index in [-0.39, 0.29) is 28.4 Å². The number of aromatic nitrogens is 2. The van der Waals surface area contributed by atoms with Crippen LogP contribution in [0.3, 0.4) is 0 Å². The van der Waals surface area contributed by atoms with Crippen LogP contribution >= 0.6 is 11.6 Å². The van der Waals surface area contributed by atoms with Crippen molar-refractivity contribution in [1.82, 2.24) is 14.5 Å². The molecule has 1 fully saturated rings. The van der Waals surface area contributed by atoms with Crippen LogP contribution in [0.2, 0.25) is 5.02 Å². The van der Waals surface area contributed by atoms with Gasteiger partial charge in [-0.15, -0.1) is 0 Å². The van der Waals surface area contributed by atoms with Crippen molar-refractivity contribution < 1.29 is 9.18 Å². The van der Waals surface area contributed by atoms with Gasteiger partial charge in [0.05, 0.1) is 27.7 Å².